The van der Waals surface area contributed by atoms with E-state index in [-0.39, 0.29) is 17.3 Å². The molecule has 36 heavy (non-hydrogen) atoms. The number of imide groups is 1. The molecule has 184 valence electrons. The largest absolute Gasteiger partial charge is 0.488 e. The van der Waals surface area contributed by atoms with E-state index in [2.05, 4.69) is 21.2 Å². The van der Waals surface area contributed by atoms with E-state index in [1.807, 2.05) is 26.0 Å². The number of hydrogen-bond acceptors (Lipinski definition) is 5. The van der Waals surface area contributed by atoms with Crippen molar-refractivity contribution in [3.63, 3.8) is 0 Å². The molecule has 3 aromatic carbocycles. The summed E-state index contributed by atoms with van der Waals surface area (Å²) in [7, 11) is 0. The maximum atomic E-state index is 14.0. The summed E-state index contributed by atoms with van der Waals surface area (Å²) in [5, 5.41) is 2.19. The number of carbonyl (C=O) groups excluding carboxylic acids is 3. The van der Waals surface area contributed by atoms with E-state index in [0.29, 0.717) is 22.6 Å². The van der Waals surface area contributed by atoms with Crippen LogP contribution in [0.3, 0.4) is 0 Å². The number of thioether (sulfide) groups is 1. The van der Waals surface area contributed by atoms with Crippen molar-refractivity contribution in [3.05, 3.63) is 98.1 Å². The van der Waals surface area contributed by atoms with E-state index in [4.69, 9.17) is 4.74 Å². The highest BCUT2D eigenvalue weighted by molar-refractivity contribution is 9.10. The number of rotatable bonds is 7. The Morgan fingerprint density at radius 1 is 1.08 bits per heavy atom. The molecule has 0 radical (unpaired) electrons. The predicted octanol–water partition coefficient (Wildman–Crippen LogP) is 6.46. The van der Waals surface area contributed by atoms with Gasteiger partial charge in [-0.3, -0.25) is 19.3 Å². The van der Waals surface area contributed by atoms with Gasteiger partial charge in [0.25, 0.3) is 11.1 Å². The lowest BCUT2D eigenvalue weighted by molar-refractivity contribution is -0.127. The van der Waals surface area contributed by atoms with Gasteiger partial charge in [0.05, 0.1) is 4.91 Å². The van der Waals surface area contributed by atoms with Gasteiger partial charge in [0.1, 0.15) is 24.7 Å². The van der Waals surface area contributed by atoms with Gasteiger partial charge >= 0.3 is 0 Å². The van der Waals surface area contributed by atoms with E-state index in [1.165, 1.54) is 12.1 Å². The number of hydrogen-bond donors (Lipinski definition) is 1. The third-order valence-electron chi connectivity index (χ3n) is 5.57. The molecule has 6 nitrogen and oxygen atoms in total. The number of nitrogens with zero attached hydrogens (tertiary/aromatic N) is 1. The first-order chi connectivity index (χ1) is 17.2. The summed E-state index contributed by atoms with van der Waals surface area (Å²) < 4.78 is 20.5. The molecule has 9 heteroatoms. The van der Waals surface area contributed by atoms with Gasteiger partial charge in [0.15, 0.2) is 0 Å². The second-order valence-electron chi connectivity index (χ2n) is 8.18. The highest BCUT2D eigenvalue weighted by Gasteiger charge is 2.36. The molecule has 0 atom stereocenters. The fourth-order valence-corrected chi connectivity index (χ4v) is 4.68. The highest BCUT2D eigenvalue weighted by Crippen LogP contribution is 2.35. The van der Waals surface area contributed by atoms with Gasteiger partial charge in [-0.15, -0.1) is 0 Å². The second kappa shape index (κ2) is 11.1. The normalized spacial score (nSPS) is 14.4. The monoisotopic (exact) mass is 568 g/mol. The van der Waals surface area contributed by atoms with Gasteiger partial charge < -0.3 is 10.1 Å². The first-order valence-electron chi connectivity index (χ1n) is 11.0. The average molecular weight is 569 g/mol. The van der Waals surface area contributed by atoms with Crippen LogP contribution in [0.1, 0.15) is 22.3 Å². The maximum absolute atomic E-state index is 14.0. The number of halogens is 2. The number of benzene rings is 3. The van der Waals surface area contributed by atoms with Crippen molar-refractivity contribution in [1.82, 2.24) is 4.90 Å². The minimum atomic E-state index is -0.569. The van der Waals surface area contributed by atoms with Crippen LogP contribution in [0.25, 0.3) is 6.08 Å². The summed E-state index contributed by atoms with van der Waals surface area (Å²) in [6.45, 7) is 3.50. The van der Waals surface area contributed by atoms with Crippen molar-refractivity contribution in [2.45, 2.75) is 20.5 Å². The number of ether oxygens (including phenoxy) is 1. The molecule has 3 amide bonds. The van der Waals surface area contributed by atoms with Crippen LogP contribution in [0, 0.1) is 19.7 Å². The van der Waals surface area contributed by atoms with E-state index in [0.717, 1.165) is 32.3 Å². The summed E-state index contributed by atoms with van der Waals surface area (Å²) >= 11 is 4.15. The van der Waals surface area contributed by atoms with Crippen LogP contribution in [0.5, 0.6) is 5.75 Å². The molecule has 0 unspecified atom stereocenters. The van der Waals surface area contributed by atoms with Gasteiger partial charge in [0.2, 0.25) is 5.91 Å². The number of anilines is 1. The Bertz CT molecular complexity index is 1390. The van der Waals surface area contributed by atoms with Crippen LogP contribution in [0.2, 0.25) is 0 Å². The van der Waals surface area contributed by atoms with Crippen LogP contribution in [-0.4, -0.2) is 28.5 Å². The zero-order valence-corrected chi connectivity index (χ0v) is 21.9. The van der Waals surface area contributed by atoms with Gasteiger partial charge in [-0.25, -0.2) is 4.39 Å². The molecule has 0 bridgehead atoms. The number of aryl methyl sites for hydroxylation is 2. The Hall–Kier alpha value is -3.43. The topological polar surface area (TPSA) is 75.7 Å². The first kappa shape index (κ1) is 25.7. The number of amides is 3. The van der Waals surface area contributed by atoms with Gasteiger partial charge in [0, 0.05) is 21.3 Å². The minimum Gasteiger partial charge on any atom is -0.488 e. The molecule has 0 aromatic heterocycles. The zero-order chi connectivity index (χ0) is 25.8. The lowest BCUT2D eigenvalue weighted by atomic mass is 10.1. The highest BCUT2D eigenvalue weighted by atomic mass is 79.9. The first-order valence-corrected chi connectivity index (χ1v) is 12.6. The van der Waals surface area contributed by atoms with Gasteiger partial charge in [-0.2, -0.15) is 0 Å². The molecule has 1 fully saturated rings. The smallest absolute Gasteiger partial charge is 0.294 e. The molecular weight excluding hydrogens is 547 g/mol. The summed E-state index contributed by atoms with van der Waals surface area (Å²) in [4.78, 5) is 39.1. The summed E-state index contributed by atoms with van der Waals surface area (Å²) in [6, 6.07) is 17.0. The summed E-state index contributed by atoms with van der Waals surface area (Å²) in [6.07, 6.45) is 1.54. The fourth-order valence-electron chi connectivity index (χ4n) is 3.48. The van der Waals surface area contributed by atoms with Crippen LogP contribution >= 0.6 is 27.7 Å². The summed E-state index contributed by atoms with van der Waals surface area (Å²) in [5.74, 6) is -1.00. The van der Waals surface area contributed by atoms with Crippen molar-refractivity contribution in [1.29, 1.82) is 0 Å². The van der Waals surface area contributed by atoms with Crippen LogP contribution < -0.4 is 10.1 Å². The zero-order valence-electron chi connectivity index (χ0n) is 19.5. The maximum Gasteiger partial charge on any atom is 0.294 e. The van der Waals surface area contributed by atoms with Gasteiger partial charge in [-0.05, 0) is 79.2 Å². The van der Waals surface area contributed by atoms with Crippen molar-refractivity contribution in [2.24, 2.45) is 0 Å². The third kappa shape index (κ3) is 6.03. The van der Waals surface area contributed by atoms with Crippen molar-refractivity contribution in [2.75, 3.05) is 11.9 Å². The van der Waals surface area contributed by atoms with Gasteiger partial charge in [-0.1, -0.05) is 40.2 Å². The molecule has 1 saturated heterocycles. The summed E-state index contributed by atoms with van der Waals surface area (Å²) in [5.41, 5.74) is 3.63. The fraction of sp³-hybridized carbons (Fsp3) is 0.148. The quantitative estimate of drug-likeness (QED) is 0.331. The molecule has 4 rings (SSSR count). The van der Waals surface area contributed by atoms with Crippen LogP contribution in [0.4, 0.5) is 14.9 Å². The molecule has 1 aliphatic heterocycles. The van der Waals surface area contributed by atoms with Crippen molar-refractivity contribution in [3.8, 4) is 5.75 Å². The van der Waals surface area contributed by atoms with E-state index in [1.54, 1.807) is 42.5 Å². The molecule has 1 heterocycles. The second-order valence-corrected chi connectivity index (χ2v) is 10.1. The van der Waals surface area contributed by atoms with E-state index in [9.17, 15) is 18.8 Å². The average Bonchev–Trinajstić information content (AvgIpc) is 3.09. The van der Waals surface area contributed by atoms with Crippen LogP contribution in [0.15, 0.2) is 70.0 Å². The molecule has 0 spiro atoms. The number of carbonyl (C=O) groups is 3. The lowest BCUT2D eigenvalue weighted by Crippen LogP contribution is -2.36. The lowest BCUT2D eigenvalue weighted by Gasteiger charge is -2.13. The van der Waals surface area contributed by atoms with Crippen molar-refractivity contribution < 1.29 is 23.5 Å². The van der Waals surface area contributed by atoms with Crippen LogP contribution in [-0.2, 0) is 16.2 Å². The molecule has 1 aliphatic rings. The van der Waals surface area contributed by atoms with E-state index < -0.39 is 23.6 Å². The molecular formula is C27H22BrFN2O4S. The SMILES string of the molecule is Cc1ccc(NC(=O)CN2C(=O)S/C(=C\c3cc(Br)ccc3OCc3ccccc3F)C2=O)cc1C. The standard InChI is InChI=1S/C27H22BrFN2O4S/c1-16-7-9-21(11-17(16)2)30-25(32)14-31-26(33)24(36-27(31)34)13-19-12-20(28)8-10-23(19)35-15-18-5-3-4-6-22(18)29/h3-13H,14-15H2,1-2H3,(H,30,32)/b24-13-. The van der Waals surface area contributed by atoms with Crippen molar-refractivity contribution >= 4 is 56.5 Å². The molecule has 0 aliphatic carbocycles. The number of nitrogens with one attached hydrogen (secondary N) is 1. The Balaban J connectivity index is 1.48. The molecule has 1 N–H and O–H groups in total. The predicted molar refractivity (Wildman–Crippen MR) is 142 cm³/mol. The minimum absolute atomic E-state index is 0.00468. The Morgan fingerprint density at radius 2 is 1.86 bits per heavy atom. The molecule has 0 saturated carbocycles. The Kier molecular flexibility index (Phi) is 7.91. The Morgan fingerprint density at radius 3 is 2.61 bits per heavy atom. The molecule has 3 aromatic rings. The van der Waals surface area contributed by atoms with E-state index >= 15 is 0 Å². The third-order valence-corrected chi connectivity index (χ3v) is 6.97. The Labute approximate surface area is 220 Å².